The molecule has 1 aliphatic heterocycles. The lowest BCUT2D eigenvalue weighted by Crippen LogP contribution is -2.38. The molecule has 4 nitrogen and oxygen atoms in total. The molecule has 0 aromatic carbocycles. The average molecular weight is 268 g/mol. The van der Waals surface area contributed by atoms with Gasteiger partial charge in [0.05, 0.1) is 0 Å². The average Bonchev–Trinajstić information content (AvgIpc) is 2.86. The summed E-state index contributed by atoms with van der Waals surface area (Å²) in [5, 5.41) is 12.1. The molecule has 110 valence electrons. The normalized spacial score (nSPS) is 25.6. The molecular formula is C15H28N2O2. The van der Waals surface area contributed by atoms with Crippen molar-refractivity contribution in [3.63, 3.8) is 0 Å². The monoisotopic (exact) mass is 268 g/mol. The molecule has 1 atom stereocenters. The van der Waals surface area contributed by atoms with Crippen molar-refractivity contribution in [1.82, 2.24) is 10.2 Å². The van der Waals surface area contributed by atoms with Gasteiger partial charge in [-0.05, 0) is 38.1 Å². The van der Waals surface area contributed by atoms with Gasteiger partial charge in [0.1, 0.15) is 0 Å². The maximum absolute atomic E-state index is 11.9. The van der Waals surface area contributed by atoms with E-state index < -0.39 is 0 Å². The van der Waals surface area contributed by atoms with Crippen LogP contribution in [0.25, 0.3) is 0 Å². The van der Waals surface area contributed by atoms with E-state index in [2.05, 4.69) is 10.2 Å². The number of nitrogens with one attached hydrogen (secondary N) is 1. The highest BCUT2D eigenvalue weighted by atomic mass is 16.3. The number of nitrogens with zero attached hydrogens (tertiary/aromatic N) is 1. The smallest absolute Gasteiger partial charge is 0.221 e. The SMILES string of the molecule is O=C(CCN1CCC(CCO)C1)NC1CCCCC1. The van der Waals surface area contributed by atoms with E-state index in [4.69, 9.17) is 5.11 Å². The van der Waals surface area contributed by atoms with E-state index in [0.717, 1.165) is 38.9 Å². The van der Waals surface area contributed by atoms with Crippen LogP contribution in [0.4, 0.5) is 0 Å². The predicted molar refractivity (Wildman–Crippen MR) is 75.9 cm³/mol. The quantitative estimate of drug-likeness (QED) is 0.768. The van der Waals surface area contributed by atoms with Crippen molar-refractivity contribution >= 4 is 5.91 Å². The van der Waals surface area contributed by atoms with E-state index in [1.54, 1.807) is 0 Å². The Morgan fingerprint density at radius 3 is 2.74 bits per heavy atom. The van der Waals surface area contributed by atoms with Crippen LogP contribution in [-0.4, -0.2) is 48.2 Å². The van der Waals surface area contributed by atoms with Crippen LogP contribution < -0.4 is 5.32 Å². The lowest BCUT2D eigenvalue weighted by atomic mass is 9.95. The van der Waals surface area contributed by atoms with Crippen molar-refractivity contribution in [2.75, 3.05) is 26.2 Å². The van der Waals surface area contributed by atoms with Gasteiger partial charge in [-0.3, -0.25) is 4.79 Å². The largest absolute Gasteiger partial charge is 0.396 e. The minimum absolute atomic E-state index is 0.220. The first-order valence-corrected chi connectivity index (χ1v) is 7.90. The summed E-state index contributed by atoms with van der Waals surface area (Å²) in [5.41, 5.74) is 0. The van der Waals surface area contributed by atoms with E-state index in [9.17, 15) is 4.79 Å². The second-order valence-electron chi connectivity index (χ2n) is 6.12. The maximum Gasteiger partial charge on any atom is 0.221 e. The van der Waals surface area contributed by atoms with Crippen LogP contribution in [0.3, 0.4) is 0 Å². The number of hydrogen-bond donors (Lipinski definition) is 2. The molecule has 19 heavy (non-hydrogen) atoms. The number of hydrogen-bond acceptors (Lipinski definition) is 3. The lowest BCUT2D eigenvalue weighted by molar-refractivity contribution is -0.122. The summed E-state index contributed by atoms with van der Waals surface area (Å²) in [6, 6.07) is 0.432. The molecule has 4 heteroatoms. The van der Waals surface area contributed by atoms with Gasteiger partial charge in [0, 0.05) is 32.2 Å². The number of aliphatic hydroxyl groups excluding tert-OH is 1. The van der Waals surface area contributed by atoms with E-state index in [-0.39, 0.29) is 5.91 Å². The van der Waals surface area contributed by atoms with Gasteiger partial charge in [-0.25, -0.2) is 0 Å². The minimum atomic E-state index is 0.220. The van der Waals surface area contributed by atoms with Crippen LogP contribution in [0.2, 0.25) is 0 Å². The zero-order chi connectivity index (χ0) is 13.5. The first-order chi connectivity index (χ1) is 9.28. The Kier molecular flexibility index (Phi) is 6.11. The fourth-order valence-electron chi connectivity index (χ4n) is 3.34. The highest BCUT2D eigenvalue weighted by Gasteiger charge is 2.22. The first kappa shape index (κ1) is 14.8. The fourth-order valence-corrected chi connectivity index (χ4v) is 3.34. The third-order valence-electron chi connectivity index (χ3n) is 4.53. The minimum Gasteiger partial charge on any atom is -0.396 e. The van der Waals surface area contributed by atoms with Crippen LogP contribution in [0.1, 0.15) is 51.4 Å². The molecule has 2 rings (SSSR count). The molecule has 0 spiro atoms. The summed E-state index contributed by atoms with van der Waals surface area (Å²) in [6.07, 6.45) is 8.88. The van der Waals surface area contributed by atoms with Gasteiger partial charge in [-0.1, -0.05) is 19.3 Å². The molecule has 1 heterocycles. The first-order valence-electron chi connectivity index (χ1n) is 7.90. The second-order valence-corrected chi connectivity index (χ2v) is 6.12. The fraction of sp³-hybridized carbons (Fsp3) is 0.933. The molecule has 0 radical (unpaired) electrons. The number of carbonyl (C=O) groups is 1. The standard InChI is InChI=1S/C15H28N2O2/c18-11-8-13-6-9-17(12-13)10-7-15(19)16-14-4-2-1-3-5-14/h13-14,18H,1-12H2,(H,16,19). The predicted octanol–water partition coefficient (Wildman–Crippen LogP) is 1.53. The van der Waals surface area contributed by atoms with E-state index in [1.165, 1.54) is 25.7 Å². The summed E-state index contributed by atoms with van der Waals surface area (Å²) < 4.78 is 0. The van der Waals surface area contributed by atoms with Crippen molar-refractivity contribution in [3.8, 4) is 0 Å². The van der Waals surface area contributed by atoms with Crippen molar-refractivity contribution in [2.24, 2.45) is 5.92 Å². The molecule has 1 saturated carbocycles. The molecule has 0 aromatic rings. The Labute approximate surface area is 116 Å². The molecule has 1 saturated heterocycles. The van der Waals surface area contributed by atoms with Crippen LogP contribution in [0, 0.1) is 5.92 Å². The van der Waals surface area contributed by atoms with Gasteiger partial charge >= 0.3 is 0 Å². The van der Waals surface area contributed by atoms with Crippen LogP contribution >= 0.6 is 0 Å². The van der Waals surface area contributed by atoms with Crippen LogP contribution in [-0.2, 0) is 4.79 Å². The van der Waals surface area contributed by atoms with Crippen molar-refractivity contribution in [3.05, 3.63) is 0 Å². The zero-order valence-electron chi connectivity index (χ0n) is 11.9. The summed E-state index contributed by atoms with van der Waals surface area (Å²) in [5.74, 6) is 0.851. The molecule has 0 aromatic heterocycles. The molecule has 1 aliphatic carbocycles. The summed E-state index contributed by atoms with van der Waals surface area (Å²) >= 11 is 0. The summed E-state index contributed by atoms with van der Waals surface area (Å²) in [6.45, 7) is 3.31. The van der Waals surface area contributed by atoms with Crippen molar-refractivity contribution in [1.29, 1.82) is 0 Å². The highest BCUT2D eigenvalue weighted by Crippen LogP contribution is 2.19. The zero-order valence-corrected chi connectivity index (χ0v) is 11.9. The van der Waals surface area contributed by atoms with Gasteiger partial charge in [0.25, 0.3) is 0 Å². The molecule has 2 fully saturated rings. The van der Waals surface area contributed by atoms with Gasteiger partial charge in [0.2, 0.25) is 5.91 Å². The number of aliphatic hydroxyl groups is 1. The Morgan fingerprint density at radius 2 is 2.00 bits per heavy atom. The Hall–Kier alpha value is -0.610. The summed E-state index contributed by atoms with van der Waals surface area (Å²) in [7, 11) is 0. The Bertz CT molecular complexity index is 277. The summed E-state index contributed by atoms with van der Waals surface area (Å²) in [4.78, 5) is 14.3. The lowest BCUT2D eigenvalue weighted by Gasteiger charge is -2.23. The van der Waals surface area contributed by atoms with Crippen LogP contribution in [0.15, 0.2) is 0 Å². The second kappa shape index (κ2) is 7.85. The van der Waals surface area contributed by atoms with E-state index in [1.807, 2.05) is 0 Å². The third-order valence-corrected chi connectivity index (χ3v) is 4.53. The topological polar surface area (TPSA) is 52.6 Å². The number of amides is 1. The van der Waals surface area contributed by atoms with Crippen molar-refractivity contribution in [2.45, 2.75) is 57.4 Å². The number of rotatable bonds is 6. The molecule has 2 N–H and O–H groups in total. The molecule has 1 unspecified atom stereocenters. The van der Waals surface area contributed by atoms with Gasteiger partial charge in [-0.2, -0.15) is 0 Å². The number of carbonyl (C=O) groups excluding carboxylic acids is 1. The Morgan fingerprint density at radius 1 is 1.21 bits per heavy atom. The molecule has 2 aliphatic rings. The molecule has 1 amide bonds. The van der Waals surface area contributed by atoms with Gasteiger partial charge < -0.3 is 15.3 Å². The van der Waals surface area contributed by atoms with Crippen LogP contribution in [0.5, 0.6) is 0 Å². The number of likely N-dealkylation sites (tertiary alicyclic amines) is 1. The highest BCUT2D eigenvalue weighted by molar-refractivity contribution is 5.76. The van der Waals surface area contributed by atoms with E-state index >= 15 is 0 Å². The van der Waals surface area contributed by atoms with E-state index in [0.29, 0.717) is 25.0 Å². The molecular weight excluding hydrogens is 240 g/mol. The maximum atomic E-state index is 11.9. The van der Waals surface area contributed by atoms with Gasteiger partial charge in [-0.15, -0.1) is 0 Å². The van der Waals surface area contributed by atoms with Gasteiger partial charge in [0.15, 0.2) is 0 Å². The molecule has 0 bridgehead atoms. The van der Waals surface area contributed by atoms with Crippen molar-refractivity contribution < 1.29 is 9.90 Å². The third kappa shape index (κ3) is 5.11. The Balaban J connectivity index is 1.58.